The summed E-state index contributed by atoms with van der Waals surface area (Å²) in [5, 5.41) is 9.94. The molecule has 1 atom stereocenters. The van der Waals surface area contributed by atoms with E-state index >= 15 is 0 Å². The summed E-state index contributed by atoms with van der Waals surface area (Å²) >= 11 is 0. The highest BCUT2D eigenvalue weighted by atomic mass is 16.4. The van der Waals surface area contributed by atoms with Crippen molar-refractivity contribution in [1.82, 2.24) is 4.90 Å². The summed E-state index contributed by atoms with van der Waals surface area (Å²) < 4.78 is 5.69. The fourth-order valence-corrected chi connectivity index (χ4v) is 1.99. The summed E-state index contributed by atoms with van der Waals surface area (Å²) in [6.07, 6.45) is 0. The summed E-state index contributed by atoms with van der Waals surface area (Å²) in [4.78, 5) is 12.7. The Morgan fingerprint density at radius 3 is 2.83 bits per heavy atom. The minimum atomic E-state index is -0.772. The maximum Gasteiger partial charge on any atom is 0.307 e. The molecule has 18 heavy (non-hydrogen) atoms. The van der Waals surface area contributed by atoms with E-state index < -0.39 is 5.97 Å². The Kier molecular flexibility index (Phi) is 3.67. The number of fused-ring (bicyclic) bond motifs is 1. The average Bonchev–Trinajstić information content (AvgIpc) is 2.70. The van der Waals surface area contributed by atoms with Crippen LogP contribution in [0.4, 0.5) is 0 Å². The van der Waals surface area contributed by atoms with Crippen molar-refractivity contribution in [3.8, 4) is 0 Å². The highest BCUT2D eigenvalue weighted by molar-refractivity contribution is 5.77. The van der Waals surface area contributed by atoms with Gasteiger partial charge in [-0.15, -0.1) is 0 Å². The summed E-state index contributed by atoms with van der Waals surface area (Å²) in [6.45, 7) is 2.83. The summed E-state index contributed by atoms with van der Waals surface area (Å²) in [5.41, 5.74) is 0.868. The fourth-order valence-electron chi connectivity index (χ4n) is 1.99. The molecule has 0 radical (unpaired) electrons. The van der Waals surface area contributed by atoms with Crippen molar-refractivity contribution in [2.24, 2.45) is 5.92 Å². The number of nitrogens with zero attached hydrogens (tertiary/aromatic N) is 1. The predicted octanol–water partition coefficient (Wildman–Crippen LogP) is 2.59. The summed E-state index contributed by atoms with van der Waals surface area (Å²) in [5.74, 6) is -0.290. The van der Waals surface area contributed by atoms with Crippen molar-refractivity contribution >= 4 is 16.9 Å². The van der Waals surface area contributed by atoms with E-state index in [1.165, 1.54) is 0 Å². The van der Waals surface area contributed by atoms with Gasteiger partial charge in [0, 0.05) is 11.9 Å². The second kappa shape index (κ2) is 5.23. The molecule has 2 rings (SSSR count). The quantitative estimate of drug-likeness (QED) is 0.882. The molecule has 1 heterocycles. The van der Waals surface area contributed by atoms with Crippen LogP contribution in [-0.4, -0.2) is 29.6 Å². The normalized spacial score (nSPS) is 13.1. The summed E-state index contributed by atoms with van der Waals surface area (Å²) in [6, 6.07) is 9.84. The van der Waals surface area contributed by atoms with E-state index in [9.17, 15) is 4.79 Å². The lowest BCUT2D eigenvalue weighted by Crippen LogP contribution is -2.28. The molecule has 4 heteroatoms. The van der Waals surface area contributed by atoms with Crippen LogP contribution in [0.2, 0.25) is 0 Å². The van der Waals surface area contributed by atoms with Gasteiger partial charge in [-0.25, -0.2) is 0 Å². The number of para-hydroxylation sites is 1. The fraction of sp³-hybridized carbons (Fsp3) is 0.357. The van der Waals surface area contributed by atoms with E-state index in [2.05, 4.69) is 0 Å². The molecular formula is C14H17NO3. The molecule has 1 aromatic carbocycles. The molecule has 4 nitrogen and oxygen atoms in total. The number of carboxylic acids is 1. The largest absolute Gasteiger partial charge is 0.481 e. The molecule has 0 spiro atoms. The van der Waals surface area contributed by atoms with Gasteiger partial charge in [-0.05, 0) is 19.2 Å². The molecule has 0 aliphatic heterocycles. The Morgan fingerprint density at radius 2 is 2.17 bits per heavy atom. The first kappa shape index (κ1) is 12.6. The standard InChI is InChI=1S/C14H17NO3/c1-10(14(16)17)8-15(2)9-12-7-11-5-3-4-6-13(11)18-12/h3-7,10H,8-9H2,1-2H3,(H,16,17). The van der Waals surface area contributed by atoms with E-state index in [-0.39, 0.29) is 5.92 Å². The zero-order chi connectivity index (χ0) is 13.1. The van der Waals surface area contributed by atoms with Gasteiger partial charge in [0.15, 0.2) is 0 Å². The van der Waals surface area contributed by atoms with Gasteiger partial charge in [0.05, 0.1) is 12.5 Å². The van der Waals surface area contributed by atoms with Gasteiger partial charge >= 0.3 is 5.97 Å². The molecule has 96 valence electrons. The molecule has 2 aromatic rings. The number of carbonyl (C=O) groups is 1. The highest BCUT2D eigenvalue weighted by Gasteiger charge is 2.14. The number of hydrogen-bond donors (Lipinski definition) is 1. The molecule has 1 unspecified atom stereocenters. The van der Waals surface area contributed by atoms with Crippen LogP contribution in [0.15, 0.2) is 34.7 Å². The maximum absolute atomic E-state index is 10.8. The van der Waals surface area contributed by atoms with E-state index in [0.717, 1.165) is 16.7 Å². The van der Waals surface area contributed by atoms with Crippen molar-refractivity contribution in [3.05, 3.63) is 36.1 Å². The molecule has 1 N–H and O–H groups in total. The maximum atomic E-state index is 10.8. The van der Waals surface area contributed by atoms with E-state index in [1.807, 2.05) is 42.3 Å². The van der Waals surface area contributed by atoms with Crippen LogP contribution < -0.4 is 0 Å². The Labute approximate surface area is 106 Å². The number of aliphatic carboxylic acids is 1. The van der Waals surface area contributed by atoms with Gasteiger partial charge in [0.2, 0.25) is 0 Å². The zero-order valence-corrected chi connectivity index (χ0v) is 10.6. The Morgan fingerprint density at radius 1 is 1.44 bits per heavy atom. The molecule has 0 saturated carbocycles. The van der Waals surface area contributed by atoms with Crippen LogP contribution in [0.1, 0.15) is 12.7 Å². The van der Waals surface area contributed by atoms with Gasteiger partial charge in [0.1, 0.15) is 11.3 Å². The van der Waals surface area contributed by atoms with E-state index in [1.54, 1.807) is 6.92 Å². The van der Waals surface area contributed by atoms with E-state index in [0.29, 0.717) is 13.1 Å². The van der Waals surface area contributed by atoms with Gasteiger partial charge in [-0.1, -0.05) is 25.1 Å². The van der Waals surface area contributed by atoms with Crippen molar-refractivity contribution < 1.29 is 14.3 Å². The van der Waals surface area contributed by atoms with Gasteiger partial charge < -0.3 is 9.52 Å². The Bertz CT molecular complexity index is 514. The topological polar surface area (TPSA) is 53.7 Å². The van der Waals surface area contributed by atoms with Gasteiger partial charge in [-0.2, -0.15) is 0 Å². The molecule has 0 amide bonds. The SMILES string of the molecule is CC(CN(C)Cc1cc2ccccc2o1)C(=O)O. The first-order chi connectivity index (χ1) is 8.56. The molecule has 0 bridgehead atoms. The molecular weight excluding hydrogens is 230 g/mol. The van der Waals surface area contributed by atoms with Crippen LogP contribution in [0, 0.1) is 5.92 Å². The third-order valence-corrected chi connectivity index (χ3v) is 2.91. The average molecular weight is 247 g/mol. The number of hydrogen-bond acceptors (Lipinski definition) is 3. The van der Waals surface area contributed by atoms with Crippen LogP contribution >= 0.6 is 0 Å². The molecule has 0 saturated heterocycles. The molecule has 0 aliphatic carbocycles. The van der Waals surface area contributed by atoms with Crippen molar-refractivity contribution in [2.75, 3.05) is 13.6 Å². The molecule has 0 fully saturated rings. The lowest BCUT2D eigenvalue weighted by atomic mass is 10.2. The van der Waals surface area contributed by atoms with E-state index in [4.69, 9.17) is 9.52 Å². The zero-order valence-electron chi connectivity index (χ0n) is 10.6. The minimum Gasteiger partial charge on any atom is -0.481 e. The second-order valence-electron chi connectivity index (χ2n) is 4.69. The summed E-state index contributed by atoms with van der Waals surface area (Å²) in [7, 11) is 1.90. The second-order valence-corrected chi connectivity index (χ2v) is 4.69. The number of furan rings is 1. The number of benzene rings is 1. The molecule has 0 aliphatic rings. The van der Waals surface area contributed by atoms with Crippen molar-refractivity contribution in [2.45, 2.75) is 13.5 Å². The first-order valence-corrected chi connectivity index (χ1v) is 5.95. The smallest absolute Gasteiger partial charge is 0.307 e. The predicted molar refractivity (Wildman–Crippen MR) is 69.3 cm³/mol. The van der Waals surface area contributed by atoms with Gasteiger partial charge in [0.25, 0.3) is 0 Å². The van der Waals surface area contributed by atoms with Crippen molar-refractivity contribution in [3.63, 3.8) is 0 Å². The van der Waals surface area contributed by atoms with Gasteiger partial charge in [-0.3, -0.25) is 9.69 Å². The third-order valence-electron chi connectivity index (χ3n) is 2.91. The van der Waals surface area contributed by atoms with Crippen LogP contribution in [0.25, 0.3) is 11.0 Å². The van der Waals surface area contributed by atoms with Crippen LogP contribution in [0.3, 0.4) is 0 Å². The third kappa shape index (κ3) is 2.90. The van der Waals surface area contributed by atoms with Crippen LogP contribution in [0.5, 0.6) is 0 Å². The monoisotopic (exact) mass is 247 g/mol. The lowest BCUT2D eigenvalue weighted by molar-refractivity contribution is -0.141. The first-order valence-electron chi connectivity index (χ1n) is 5.95. The van der Waals surface area contributed by atoms with Crippen LogP contribution in [-0.2, 0) is 11.3 Å². The highest BCUT2D eigenvalue weighted by Crippen LogP contribution is 2.19. The minimum absolute atomic E-state index is 0.376. The Balaban J connectivity index is 2.02. The van der Waals surface area contributed by atoms with Crippen molar-refractivity contribution in [1.29, 1.82) is 0 Å². The Hall–Kier alpha value is -1.81. The lowest BCUT2D eigenvalue weighted by Gasteiger charge is -2.17. The number of rotatable bonds is 5. The number of carboxylic acid groups (broad SMARTS) is 1. The molecule has 1 aromatic heterocycles.